The van der Waals surface area contributed by atoms with Crippen molar-refractivity contribution in [2.24, 2.45) is 11.7 Å². The van der Waals surface area contributed by atoms with E-state index in [0.717, 1.165) is 0 Å². The molecule has 10 N–H and O–H groups in total. The Hall–Kier alpha value is -4.28. The molecular weight excluding hydrogens is 526 g/mol. The molecule has 0 saturated carbocycles. The van der Waals surface area contributed by atoms with E-state index in [9.17, 15) is 38.4 Å². The molecule has 0 aliphatic carbocycles. The Balaban J connectivity index is 5.85. The number of carbonyl (C=O) groups is 8. The second-order valence-electron chi connectivity index (χ2n) is 9.00. The number of nitrogens with two attached hydrogens (primary N) is 1. The molecule has 220 valence electrons. The summed E-state index contributed by atoms with van der Waals surface area (Å²) in [7, 11) is 0. The molecule has 0 radical (unpaired) electrons. The summed E-state index contributed by atoms with van der Waals surface area (Å²) in [4.78, 5) is 94.8. The Kier molecular flexibility index (Phi) is 14.7. The summed E-state index contributed by atoms with van der Waals surface area (Å²) >= 11 is 0. The van der Waals surface area contributed by atoms with E-state index >= 15 is 0 Å². The maximum Gasteiger partial charge on any atom is 0.326 e. The van der Waals surface area contributed by atoms with E-state index in [-0.39, 0.29) is 6.42 Å². The lowest BCUT2D eigenvalue weighted by atomic mass is 10.0. The molecule has 0 fully saturated rings. The normalized spacial score (nSPS) is 14.6. The smallest absolute Gasteiger partial charge is 0.326 e. The van der Waals surface area contributed by atoms with Crippen molar-refractivity contribution in [1.29, 1.82) is 0 Å². The maximum atomic E-state index is 13.0. The van der Waals surface area contributed by atoms with Crippen LogP contribution in [0.2, 0.25) is 0 Å². The predicted molar refractivity (Wildman–Crippen MR) is 130 cm³/mol. The Morgan fingerprint density at radius 1 is 0.590 bits per heavy atom. The Bertz CT molecular complexity index is 952. The molecule has 39 heavy (non-hydrogen) atoms. The molecule has 17 nitrogen and oxygen atoms in total. The van der Waals surface area contributed by atoms with Crippen molar-refractivity contribution in [3.05, 3.63) is 0 Å². The first-order valence-corrected chi connectivity index (χ1v) is 11.8. The van der Waals surface area contributed by atoms with Gasteiger partial charge in [0.1, 0.15) is 24.2 Å². The highest BCUT2D eigenvalue weighted by molar-refractivity contribution is 5.96. The zero-order chi connectivity index (χ0) is 30.4. The van der Waals surface area contributed by atoms with Crippen LogP contribution in [-0.4, -0.2) is 98.1 Å². The van der Waals surface area contributed by atoms with Crippen LogP contribution >= 0.6 is 0 Å². The fraction of sp³-hybridized carbons (Fsp3) is 0.636. The number of nitrogens with one attached hydrogen (secondary N) is 4. The summed E-state index contributed by atoms with van der Waals surface area (Å²) in [6.07, 6.45) is -2.95. The molecule has 0 aromatic carbocycles. The largest absolute Gasteiger partial charge is 0.481 e. The monoisotopic (exact) mass is 561 g/mol. The molecule has 5 atom stereocenters. The number of rotatable bonds is 18. The highest BCUT2D eigenvalue weighted by Gasteiger charge is 2.33. The number of carbonyl (C=O) groups excluding carboxylic acids is 4. The van der Waals surface area contributed by atoms with Gasteiger partial charge in [-0.1, -0.05) is 13.8 Å². The number of carboxylic acids is 4. The number of aliphatic carboxylic acids is 4. The minimum Gasteiger partial charge on any atom is -0.481 e. The van der Waals surface area contributed by atoms with Gasteiger partial charge in [0, 0.05) is 12.8 Å². The Labute approximate surface area is 222 Å². The van der Waals surface area contributed by atoms with Gasteiger partial charge >= 0.3 is 23.9 Å². The lowest BCUT2D eigenvalue weighted by Crippen LogP contribution is -2.59. The minimum absolute atomic E-state index is 0.385. The van der Waals surface area contributed by atoms with Crippen molar-refractivity contribution in [1.82, 2.24) is 21.3 Å². The molecular formula is C22H35N5O12. The van der Waals surface area contributed by atoms with E-state index in [1.807, 2.05) is 5.32 Å². The molecule has 0 aromatic heterocycles. The van der Waals surface area contributed by atoms with Gasteiger partial charge in [-0.25, -0.2) is 4.79 Å². The molecule has 4 amide bonds. The van der Waals surface area contributed by atoms with E-state index in [1.165, 1.54) is 20.8 Å². The zero-order valence-corrected chi connectivity index (χ0v) is 21.6. The molecule has 0 bridgehead atoms. The third kappa shape index (κ3) is 13.7. The highest BCUT2D eigenvalue weighted by atomic mass is 16.4. The minimum atomic E-state index is -1.81. The molecule has 0 heterocycles. The average molecular weight is 562 g/mol. The fourth-order valence-corrected chi connectivity index (χ4v) is 3.07. The van der Waals surface area contributed by atoms with Crippen molar-refractivity contribution in [3.8, 4) is 0 Å². The van der Waals surface area contributed by atoms with Crippen molar-refractivity contribution in [3.63, 3.8) is 0 Å². The van der Waals surface area contributed by atoms with Crippen LogP contribution in [-0.2, 0) is 38.4 Å². The topological polar surface area (TPSA) is 292 Å². The lowest BCUT2D eigenvalue weighted by molar-refractivity contribution is -0.147. The van der Waals surface area contributed by atoms with Crippen LogP contribution in [0.3, 0.4) is 0 Å². The third-order valence-electron chi connectivity index (χ3n) is 5.21. The van der Waals surface area contributed by atoms with Gasteiger partial charge in [-0.2, -0.15) is 0 Å². The lowest BCUT2D eigenvalue weighted by Gasteiger charge is -2.27. The summed E-state index contributed by atoms with van der Waals surface area (Å²) in [6.45, 7) is 4.27. The van der Waals surface area contributed by atoms with Gasteiger partial charge in [0.2, 0.25) is 23.6 Å². The van der Waals surface area contributed by atoms with Crippen LogP contribution in [0.1, 0.15) is 52.9 Å². The van der Waals surface area contributed by atoms with Crippen molar-refractivity contribution >= 4 is 47.5 Å². The molecule has 0 rings (SSSR count). The zero-order valence-electron chi connectivity index (χ0n) is 21.6. The molecule has 17 heteroatoms. The summed E-state index contributed by atoms with van der Waals surface area (Å²) < 4.78 is 0. The number of hydrogen-bond donors (Lipinski definition) is 9. The van der Waals surface area contributed by atoms with Gasteiger partial charge in [0.15, 0.2) is 0 Å². The van der Waals surface area contributed by atoms with Gasteiger partial charge in [0.05, 0.1) is 12.5 Å². The number of carboxylic acid groups (broad SMARTS) is 4. The van der Waals surface area contributed by atoms with E-state index in [4.69, 9.17) is 26.2 Å². The first-order valence-electron chi connectivity index (χ1n) is 11.8. The van der Waals surface area contributed by atoms with E-state index in [0.29, 0.717) is 0 Å². The summed E-state index contributed by atoms with van der Waals surface area (Å²) in [5.74, 6) is -10.3. The average Bonchev–Trinajstić information content (AvgIpc) is 2.80. The van der Waals surface area contributed by atoms with Crippen LogP contribution in [0.15, 0.2) is 0 Å². The second-order valence-corrected chi connectivity index (χ2v) is 9.00. The molecule has 0 aromatic rings. The molecule has 0 saturated heterocycles. The van der Waals surface area contributed by atoms with Crippen LogP contribution < -0.4 is 27.0 Å². The summed E-state index contributed by atoms with van der Waals surface area (Å²) in [6, 6.07) is -7.30. The Morgan fingerprint density at radius 3 is 1.36 bits per heavy atom. The number of hydrogen-bond acceptors (Lipinski definition) is 9. The van der Waals surface area contributed by atoms with Gasteiger partial charge in [-0.3, -0.25) is 33.6 Å². The van der Waals surface area contributed by atoms with Crippen LogP contribution in [0, 0.1) is 5.92 Å². The maximum absolute atomic E-state index is 13.0. The van der Waals surface area contributed by atoms with E-state index < -0.39 is 109 Å². The second kappa shape index (κ2) is 16.5. The standard InChI is InChI=1S/C22H35N5O12/c1-9(2)17(21(37)26-13(22(38)39)8-16(32)33)27-20(36)12(5-7-15(30)31)25-19(35)11(4-6-14(28)29)24-18(34)10(3)23/h9-13,17H,4-8,23H2,1-3H3,(H,24,34)(H,25,35)(H,26,37)(H,27,36)(H,28,29)(H,30,31)(H,32,33)(H,38,39)/t10-,11-,12-,13-,17-/m0/s1. The molecule has 0 aliphatic heterocycles. The Morgan fingerprint density at radius 2 is 1.00 bits per heavy atom. The molecule has 0 spiro atoms. The highest BCUT2D eigenvalue weighted by Crippen LogP contribution is 2.08. The SMILES string of the molecule is CC(C)[C@H](NC(=O)[C@H](CCC(=O)O)NC(=O)[C@H](CCC(=O)O)NC(=O)[C@H](C)N)C(=O)N[C@@H](CC(=O)O)C(=O)O. The van der Waals surface area contributed by atoms with Gasteiger partial charge < -0.3 is 47.4 Å². The third-order valence-corrected chi connectivity index (χ3v) is 5.21. The van der Waals surface area contributed by atoms with Crippen molar-refractivity contribution < 1.29 is 58.8 Å². The van der Waals surface area contributed by atoms with Gasteiger partial charge in [0.25, 0.3) is 0 Å². The van der Waals surface area contributed by atoms with Crippen molar-refractivity contribution in [2.45, 2.75) is 83.1 Å². The summed E-state index contributed by atoms with van der Waals surface area (Å²) in [5, 5.41) is 44.8. The van der Waals surface area contributed by atoms with Gasteiger partial charge in [-0.05, 0) is 25.7 Å². The van der Waals surface area contributed by atoms with Crippen LogP contribution in [0.5, 0.6) is 0 Å². The quantitative estimate of drug-likeness (QED) is 0.0819. The number of amides is 4. The first-order chi connectivity index (χ1) is 18.0. The van der Waals surface area contributed by atoms with Crippen molar-refractivity contribution in [2.75, 3.05) is 0 Å². The van der Waals surface area contributed by atoms with Crippen LogP contribution in [0.4, 0.5) is 0 Å². The predicted octanol–water partition coefficient (Wildman–Crippen LogP) is -2.78. The molecule has 0 unspecified atom stereocenters. The van der Waals surface area contributed by atoms with Gasteiger partial charge in [-0.15, -0.1) is 0 Å². The molecule has 0 aliphatic rings. The van der Waals surface area contributed by atoms with E-state index in [2.05, 4.69) is 16.0 Å². The van der Waals surface area contributed by atoms with Crippen LogP contribution in [0.25, 0.3) is 0 Å². The summed E-state index contributed by atoms with van der Waals surface area (Å²) in [5.41, 5.74) is 5.47. The first kappa shape index (κ1) is 34.7. The van der Waals surface area contributed by atoms with E-state index in [1.54, 1.807) is 0 Å². The fourth-order valence-electron chi connectivity index (χ4n) is 3.07.